The Labute approximate surface area is 119 Å². The molecular formula is C10H10ClN3O3S2. The number of sulfonamides is 1. The predicted molar refractivity (Wildman–Crippen MR) is 73.3 cm³/mol. The van der Waals surface area contributed by atoms with E-state index in [1.807, 2.05) is 0 Å². The van der Waals surface area contributed by atoms with Crippen LogP contribution in [0, 0.1) is 0 Å². The second kappa shape index (κ2) is 5.72. The van der Waals surface area contributed by atoms with Crippen LogP contribution in [0.5, 0.6) is 5.88 Å². The molecule has 6 nitrogen and oxygen atoms in total. The maximum absolute atomic E-state index is 12.1. The van der Waals surface area contributed by atoms with Crippen molar-refractivity contribution in [2.45, 2.75) is 11.1 Å². The van der Waals surface area contributed by atoms with E-state index < -0.39 is 10.0 Å². The fourth-order valence-electron chi connectivity index (χ4n) is 1.28. The molecule has 0 saturated carbocycles. The van der Waals surface area contributed by atoms with Gasteiger partial charge in [0.05, 0.1) is 12.8 Å². The summed E-state index contributed by atoms with van der Waals surface area (Å²) in [7, 11) is -3.73. The molecule has 102 valence electrons. The summed E-state index contributed by atoms with van der Waals surface area (Å²) in [5.74, 6) is 0.226. The van der Waals surface area contributed by atoms with Crippen LogP contribution in [0.15, 0.2) is 28.7 Å². The molecule has 0 amide bonds. The zero-order valence-electron chi connectivity index (χ0n) is 9.83. The summed E-state index contributed by atoms with van der Waals surface area (Å²) in [4.78, 5) is 7.67. The number of aromatic nitrogens is 2. The highest BCUT2D eigenvalue weighted by atomic mass is 35.5. The Kier molecular flexibility index (Phi) is 4.23. The number of halogens is 1. The Bertz CT molecular complexity index is 672. The molecule has 0 aliphatic rings. The minimum atomic E-state index is -3.73. The zero-order chi connectivity index (χ0) is 13.9. The molecule has 0 spiro atoms. The van der Waals surface area contributed by atoms with Gasteiger partial charge in [-0.2, -0.15) is 0 Å². The van der Waals surface area contributed by atoms with Crippen molar-refractivity contribution in [1.82, 2.24) is 9.97 Å². The van der Waals surface area contributed by atoms with Gasteiger partial charge in [-0.1, -0.05) is 22.9 Å². The number of nitrogens with zero attached hydrogens (tertiary/aromatic N) is 2. The monoisotopic (exact) mass is 319 g/mol. The van der Waals surface area contributed by atoms with E-state index in [0.29, 0.717) is 6.61 Å². The van der Waals surface area contributed by atoms with Crippen molar-refractivity contribution in [3.05, 3.63) is 29.0 Å². The molecule has 9 heteroatoms. The van der Waals surface area contributed by atoms with E-state index in [1.54, 1.807) is 19.1 Å². The van der Waals surface area contributed by atoms with Crippen molar-refractivity contribution in [3.8, 4) is 5.88 Å². The lowest BCUT2D eigenvalue weighted by molar-refractivity contribution is 0.329. The topological polar surface area (TPSA) is 81.2 Å². The lowest BCUT2D eigenvalue weighted by atomic mass is 10.4. The Balaban J connectivity index is 2.30. The first kappa shape index (κ1) is 14.0. The number of anilines is 1. The van der Waals surface area contributed by atoms with Gasteiger partial charge in [0.2, 0.25) is 5.88 Å². The number of hydrogen-bond donors (Lipinski definition) is 1. The SMILES string of the molecule is CCOc1ncccc1NS(=O)(=O)c1cnc(Cl)s1. The molecule has 0 atom stereocenters. The van der Waals surface area contributed by atoms with Gasteiger partial charge in [-0.25, -0.2) is 18.4 Å². The smallest absolute Gasteiger partial charge is 0.273 e. The van der Waals surface area contributed by atoms with Crippen LogP contribution in [0.4, 0.5) is 5.69 Å². The van der Waals surface area contributed by atoms with E-state index >= 15 is 0 Å². The lowest BCUT2D eigenvalue weighted by Gasteiger charge is -2.10. The first-order valence-corrected chi connectivity index (χ1v) is 7.92. The molecule has 0 aliphatic carbocycles. The molecule has 0 aliphatic heterocycles. The van der Waals surface area contributed by atoms with Crippen molar-refractivity contribution in [1.29, 1.82) is 0 Å². The summed E-state index contributed by atoms with van der Waals surface area (Å²) in [6.45, 7) is 2.17. The van der Waals surface area contributed by atoms with Crippen LogP contribution >= 0.6 is 22.9 Å². The van der Waals surface area contributed by atoms with E-state index in [9.17, 15) is 8.42 Å². The first-order chi connectivity index (χ1) is 9.03. The molecule has 2 aromatic rings. The highest BCUT2D eigenvalue weighted by Gasteiger charge is 2.19. The standard InChI is InChI=1S/C10H10ClN3O3S2/c1-2-17-9-7(4-3-5-12-9)14-19(15,16)8-6-13-10(11)18-8/h3-6,14H,2H2,1H3. The van der Waals surface area contributed by atoms with E-state index in [-0.39, 0.29) is 20.2 Å². The number of hydrogen-bond acceptors (Lipinski definition) is 6. The molecule has 0 saturated heterocycles. The molecule has 0 bridgehead atoms. The zero-order valence-corrected chi connectivity index (χ0v) is 12.2. The molecule has 2 rings (SSSR count). The Hall–Kier alpha value is -1.38. The average molecular weight is 320 g/mol. The molecule has 0 unspecified atom stereocenters. The van der Waals surface area contributed by atoms with E-state index in [0.717, 1.165) is 11.3 Å². The quantitative estimate of drug-likeness (QED) is 0.915. The van der Waals surface area contributed by atoms with Gasteiger partial charge in [0.25, 0.3) is 10.0 Å². The Morgan fingerprint density at radius 3 is 2.89 bits per heavy atom. The van der Waals surface area contributed by atoms with Gasteiger partial charge in [0.15, 0.2) is 8.68 Å². The van der Waals surface area contributed by atoms with Gasteiger partial charge in [-0.3, -0.25) is 4.72 Å². The van der Waals surface area contributed by atoms with Crippen molar-refractivity contribution in [3.63, 3.8) is 0 Å². The minimum Gasteiger partial charge on any atom is -0.476 e. The van der Waals surface area contributed by atoms with Crippen LogP contribution in [0.2, 0.25) is 4.47 Å². The average Bonchev–Trinajstić information content (AvgIpc) is 2.79. The van der Waals surface area contributed by atoms with Crippen LogP contribution in [0.25, 0.3) is 0 Å². The molecule has 2 aromatic heterocycles. The van der Waals surface area contributed by atoms with Crippen LogP contribution < -0.4 is 9.46 Å². The third-order valence-corrected chi connectivity index (χ3v) is 4.96. The number of thiazole rings is 1. The number of pyridine rings is 1. The van der Waals surface area contributed by atoms with Crippen LogP contribution in [-0.2, 0) is 10.0 Å². The second-order valence-corrected chi connectivity index (χ2v) is 6.85. The minimum absolute atomic E-state index is 0.0313. The lowest BCUT2D eigenvalue weighted by Crippen LogP contribution is -2.13. The van der Waals surface area contributed by atoms with Crippen molar-refractivity contribution < 1.29 is 13.2 Å². The molecule has 19 heavy (non-hydrogen) atoms. The Morgan fingerprint density at radius 1 is 1.47 bits per heavy atom. The second-order valence-electron chi connectivity index (χ2n) is 3.33. The molecule has 0 radical (unpaired) electrons. The molecule has 1 N–H and O–H groups in total. The van der Waals surface area contributed by atoms with Gasteiger partial charge in [-0.05, 0) is 19.1 Å². The van der Waals surface area contributed by atoms with Crippen LogP contribution in [0.3, 0.4) is 0 Å². The fourth-order valence-corrected chi connectivity index (χ4v) is 3.63. The van der Waals surface area contributed by atoms with E-state index in [4.69, 9.17) is 16.3 Å². The van der Waals surface area contributed by atoms with Crippen molar-refractivity contribution in [2.75, 3.05) is 11.3 Å². The number of ether oxygens (including phenoxy) is 1. The number of nitrogens with one attached hydrogen (secondary N) is 1. The third-order valence-electron chi connectivity index (χ3n) is 2.02. The summed E-state index contributed by atoms with van der Waals surface area (Å²) >= 11 is 6.50. The van der Waals surface area contributed by atoms with Gasteiger partial charge in [0.1, 0.15) is 5.69 Å². The van der Waals surface area contributed by atoms with E-state index in [1.165, 1.54) is 12.4 Å². The van der Waals surface area contributed by atoms with Crippen molar-refractivity contribution >= 4 is 38.6 Å². The van der Waals surface area contributed by atoms with Crippen molar-refractivity contribution in [2.24, 2.45) is 0 Å². The summed E-state index contributed by atoms with van der Waals surface area (Å²) in [5.41, 5.74) is 0.272. The highest BCUT2D eigenvalue weighted by Crippen LogP contribution is 2.27. The summed E-state index contributed by atoms with van der Waals surface area (Å²) in [6, 6.07) is 3.18. The maximum Gasteiger partial charge on any atom is 0.273 e. The number of rotatable bonds is 5. The summed E-state index contributed by atoms with van der Waals surface area (Å²) < 4.78 is 32.0. The first-order valence-electron chi connectivity index (χ1n) is 5.25. The molecule has 2 heterocycles. The fraction of sp³-hybridized carbons (Fsp3) is 0.200. The maximum atomic E-state index is 12.1. The van der Waals surface area contributed by atoms with Crippen LogP contribution in [-0.4, -0.2) is 25.0 Å². The normalized spacial score (nSPS) is 11.3. The summed E-state index contributed by atoms with van der Waals surface area (Å²) in [6.07, 6.45) is 2.72. The van der Waals surface area contributed by atoms with Gasteiger partial charge >= 0.3 is 0 Å². The van der Waals surface area contributed by atoms with E-state index in [2.05, 4.69) is 14.7 Å². The Morgan fingerprint density at radius 2 is 2.26 bits per heavy atom. The highest BCUT2D eigenvalue weighted by molar-refractivity contribution is 7.94. The van der Waals surface area contributed by atoms with Gasteiger partial charge in [-0.15, -0.1) is 0 Å². The van der Waals surface area contributed by atoms with Gasteiger partial charge < -0.3 is 4.74 Å². The van der Waals surface area contributed by atoms with Crippen LogP contribution in [0.1, 0.15) is 6.92 Å². The third kappa shape index (κ3) is 3.34. The molecular weight excluding hydrogens is 310 g/mol. The van der Waals surface area contributed by atoms with Gasteiger partial charge in [0, 0.05) is 6.20 Å². The molecule has 0 aromatic carbocycles. The summed E-state index contributed by atoms with van der Waals surface area (Å²) in [5, 5.41) is 0. The predicted octanol–water partition coefficient (Wildman–Crippen LogP) is 2.39. The molecule has 0 fully saturated rings. The largest absolute Gasteiger partial charge is 0.476 e.